The monoisotopic (exact) mass is 504 g/mol. The molecule has 11 atom stereocenters. The van der Waals surface area contributed by atoms with Crippen molar-refractivity contribution in [2.24, 2.45) is 50.2 Å². The SMILES string of the molecule is C[C@]1(CO)CC[C@]2(C(=O)O)CC[C@]3(C)C(=CC[C@@H]4[C@@]5(C)C[C@@H](O)[C@H](O)[C@@](C)(CO)[C@H]5CC[C@]43C)[C@@H]2C1. The van der Waals surface area contributed by atoms with Gasteiger partial charge in [-0.1, -0.05) is 46.3 Å². The highest BCUT2D eigenvalue weighted by Crippen LogP contribution is 2.75. The van der Waals surface area contributed by atoms with Crippen molar-refractivity contribution in [3.8, 4) is 0 Å². The van der Waals surface area contributed by atoms with E-state index >= 15 is 0 Å². The van der Waals surface area contributed by atoms with Gasteiger partial charge in [-0.2, -0.15) is 0 Å². The number of aliphatic hydroxyl groups excluding tert-OH is 4. The van der Waals surface area contributed by atoms with Gasteiger partial charge in [-0.05, 0) is 97.2 Å². The first-order valence-corrected chi connectivity index (χ1v) is 14.2. The zero-order chi connectivity index (χ0) is 26.5. The topological polar surface area (TPSA) is 118 Å². The summed E-state index contributed by atoms with van der Waals surface area (Å²) in [5, 5.41) is 53.1. The Balaban J connectivity index is 1.61. The molecule has 0 aromatic heterocycles. The van der Waals surface area contributed by atoms with Crippen molar-refractivity contribution < 1.29 is 30.3 Å². The summed E-state index contributed by atoms with van der Waals surface area (Å²) in [4.78, 5) is 12.8. The number of carboxylic acid groups (broad SMARTS) is 1. The zero-order valence-corrected chi connectivity index (χ0v) is 22.9. The number of rotatable bonds is 3. The summed E-state index contributed by atoms with van der Waals surface area (Å²) >= 11 is 0. The van der Waals surface area contributed by atoms with Crippen molar-refractivity contribution in [2.75, 3.05) is 13.2 Å². The molecule has 6 nitrogen and oxygen atoms in total. The van der Waals surface area contributed by atoms with Crippen LogP contribution in [-0.4, -0.2) is 56.9 Å². The molecule has 0 spiro atoms. The van der Waals surface area contributed by atoms with Gasteiger partial charge < -0.3 is 25.5 Å². The van der Waals surface area contributed by atoms with Crippen molar-refractivity contribution in [1.82, 2.24) is 0 Å². The van der Waals surface area contributed by atoms with Crippen molar-refractivity contribution in [2.45, 2.75) is 105 Å². The molecule has 0 amide bonds. The van der Waals surface area contributed by atoms with Crippen LogP contribution in [0.1, 0.15) is 92.4 Å². The van der Waals surface area contributed by atoms with Gasteiger partial charge in [0, 0.05) is 12.0 Å². The first-order chi connectivity index (χ1) is 16.7. The summed E-state index contributed by atoms with van der Waals surface area (Å²) in [5.41, 5.74) is -0.896. The van der Waals surface area contributed by atoms with E-state index in [-0.39, 0.29) is 52.6 Å². The lowest BCUT2D eigenvalue weighted by Crippen LogP contribution is -2.68. The van der Waals surface area contributed by atoms with Crippen molar-refractivity contribution in [3.63, 3.8) is 0 Å². The number of hydrogen-bond acceptors (Lipinski definition) is 5. The van der Waals surface area contributed by atoms with Gasteiger partial charge in [0.2, 0.25) is 0 Å². The van der Waals surface area contributed by atoms with Gasteiger partial charge in [-0.3, -0.25) is 4.79 Å². The quantitative estimate of drug-likeness (QED) is 0.369. The molecule has 6 heteroatoms. The fourth-order valence-electron chi connectivity index (χ4n) is 10.8. The van der Waals surface area contributed by atoms with Gasteiger partial charge in [-0.25, -0.2) is 0 Å². The molecule has 0 bridgehead atoms. The molecule has 0 aliphatic heterocycles. The van der Waals surface area contributed by atoms with Crippen LogP contribution in [-0.2, 0) is 4.79 Å². The molecule has 4 saturated carbocycles. The minimum Gasteiger partial charge on any atom is -0.481 e. The smallest absolute Gasteiger partial charge is 0.310 e. The molecule has 36 heavy (non-hydrogen) atoms. The third kappa shape index (κ3) is 3.08. The molecular weight excluding hydrogens is 456 g/mol. The molecule has 5 aliphatic carbocycles. The third-order valence-corrected chi connectivity index (χ3v) is 13.4. The molecule has 0 aromatic carbocycles. The van der Waals surface area contributed by atoms with Gasteiger partial charge in [0.15, 0.2) is 0 Å². The lowest BCUT2D eigenvalue weighted by molar-refractivity contribution is -0.243. The number of allylic oxidation sites excluding steroid dienone is 2. The van der Waals surface area contributed by atoms with Crippen LogP contribution in [0.2, 0.25) is 0 Å². The second-order valence-electron chi connectivity index (χ2n) is 14.9. The van der Waals surface area contributed by atoms with E-state index in [0.717, 1.165) is 32.1 Å². The fraction of sp³-hybridized carbons (Fsp3) is 0.900. The van der Waals surface area contributed by atoms with E-state index in [0.29, 0.717) is 25.7 Å². The van der Waals surface area contributed by atoms with Crippen molar-refractivity contribution in [3.05, 3.63) is 11.6 Å². The van der Waals surface area contributed by atoms with E-state index in [1.165, 1.54) is 5.57 Å². The lowest BCUT2D eigenvalue weighted by Gasteiger charge is -2.71. The number of carboxylic acids is 1. The molecule has 0 unspecified atom stereocenters. The maximum absolute atomic E-state index is 12.8. The van der Waals surface area contributed by atoms with E-state index in [1.807, 2.05) is 6.92 Å². The van der Waals surface area contributed by atoms with Gasteiger partial charge >= 0.3 is 5.97 Å². The Morgan fingerprint density at radius 2 is 1.58 bits per heavy atom. The summed E-state index contributed by atoms with van der Waals surface area (Å²) in [6.07, 6.45) is 7.37. The molecule has 0 saturated heterocycles. The highest BCUT2D eigenvalue weighted by molar-refractivity contribution is 5.76. The number of aliphatic hydroxyl groups is 4. The number of hydrogen-bond donors (Lipinski definition) is 5. The standard InChI is InChI=1S/C30H48O6/c1-25(16-31)10-12-30(24(35)36)13-11-28(4)18(19(30)14-25)6-7-22-26(2)15-20(33)23(34)27(3,17-32)21(26)8-9-29(22,28)5/h6,19-23,31-34H,7-17H2,1-5H3,(H,35,36)/t19-,20+,21-,22+,23-,25-,26-,27-,28+,29+,30-/m0/s1. The van der Waals surface area contributed by atoms with Gasteiger partial charge in [-0.15, -0.1) is 0 Å². The Labute approximate surface area is 216 Å². The molecule has 5 aliphatic rings. The summed E-state index contributed by atoms with van der Waals surface area (Å²) in [7, 11) is 0. The summed E-state index contributed by atoms with van der Waals surface area (Å²) in [5.74, 6) is -0.360. The van der Waals surface area contributed by atoms with Gasteiger partial charge in [0.05, 0.1) is 24.2 Å². The Hall–Kier alpha value is -0.950. The Bertz CT molecular complexity index is 963. The second-order valence-corrected chi connectivity index (χ2v) is 14.9. The molecular formula is C30H48O6. The van der Waals surface area contributed by atoms with Gasteiger partial charge in [0.25, 0.3) is 0 Å². The average molecular weight is 505 g/mol. The Kier molecular flexibility index (Phi) is 5.95. The number of carbonyl (C=O) groups is 1. The maximum Gasteiger partial charge on any atom is 0.310 e. The van der Waals surface area contributed by atoms with Crippen molar-refractivity contribution >= 4 is 5.97 Å². The molecule has 0 aromatic rings. The fourth-order valence-corrected chi connectivity index (χ4v) is 10.8. The largest absolute Gasteiger partial charge is 0.481 e. The lowest BCUT2D eigenvalue weighted by atomic mass is 9.33. The minimum absolute atomic E-state index is 0.0653. The number of fused-ring (bicyclic) bond motifs is 7. The maximum atomic E-state index is 12.8. The van der Waals surface area contributed by atoms with Crippen molar-refractivity contribution in [1.29, 1.82) is 0 Å². The first kappa shape index (κ1) is 26.6. The van der Waals surface area contributed by atoms with Crippen LogP contribution in [0.3, 0.4) is 0 Å². The van der Waals surface area contributed by atoms with Crippen LogP contribution < -0.4 is 0 Å². The second kappa shape index (κ2) is 8.03. The highest BCUT2D eigenvalue weighted by atomic mass is 16.4. The highest BCUT2D eigenvalue weighted by Gasteiger charge is 2.70. The summed E-state index contributed by atoms with van der Waals surface area (Å²) in [6.45, 7) is 11.0. The van der Waals surface area contributed by atoms with Gasteiger partial charge in [0.1, 0.15) is 0 Å². The molecule has 4 fully saturated rings. The van der Waals surface area contributed by atoms with E-state index < -0.39 is 29.0 Å². The van der Waals surface area contributed by atoms with Crippen LogP contribution in [0.15, 0.2) is 11.6 Å². The molecule has 0 radical (unpaired) electrons. The van der Waals surface area contributed by atoms with Crippen LogP contribution in [0.5, 0.6) is 0 Å². The molecule has 5 N–H and O–H groups in total. The first-order valence-electron chi connectivity index (χ1n) is 14.2. The van der Waals surface area contributed by atoms with E-state index in [9.17, 15) is 30.3 Å². The Morgan fingerprint density at radius 3 is 2.19 bits per heavy atom. The molecule has 0 heterocycles. The Morgan fingerprint density at radius 1 is 0.917 bits per heavy atom. The third-order valence-electron chi connectivity index (χ3n) is 13.4. The minimum atomic E-state index is -0.931. The van der Waals surface area contributed by atoms with E-state index in [1.54, 1.807) is 0 Å². The number of aliphatic carboxylic acids is 1. The van der Waals surface area contributed by atoms with Crippen LogP contribution in [0.4, 0.5) is 0 Å². The summed E-state index contributed by atoms with van der Waals surface area (Å²) < 4.78 is 0. The normalized spacial score (nSPS) is 56.5. The van der Waals surface area contributed by atoms with E-state index in [4.69, 9.17) is 0 Å². The van der Waals surface area contributed by atoms with Crippen LogP contribution >= 0.6 is 0 Å². The summed E-state index contributed by atoms with van der Waals surface area (Å²) in [6, 6.07) is 0. The predicted molar refractivity (Wildman–Crippen MR) is 137 cm³/mol. The van der Waals surface area contributed by atoms with Crippen LogP contribution in [0, 0.1) is 50.2 Å². The van der Waals surface area contributed by atoms with Crippen LogP contribution in [0.25, 0.3) is 0 Å². The average Bonchev–Trinajstić information content (AvgIpc) is 2.83. The molecule has 5 rings (SSSR count). The predicted octanol–water partition coefficient (Wildman–Crippen LogP) is 4.15. The zero-order valence-electron chi connectivity index (χ0n) is 22.9. The van der Waals surface area contributed by atoms with E-state index in [2.05, 4.69) is 33.8 Å². The molecule has 204 valence electrons.